The highest BCUT2D eigenvalue weighted by molar-refractivity contribution is 5.88. The highest BCUT2D eigenvalue weighted by Crippen LogP contribution is 2.22. The van der Waals surface area contributed by atoms with E-state index in [1.807, 2.05) is 148 Å². The van der Waals surface area contributed by atoms with Crippen LogP contribution in [0.5, 0.6) is 0 Å². The third-order valence-corrected chi connectivity index (χ3v) is 22.3. The van der Waals surface area contributed by atoms with Crippen LogP contribution in [-0.2, 0) is 38.4 Å². The molecule has 0 atom stereocenters. The summed E-state index contributed by atoms with van der Waals surface area (Å²) in [6.07, 6.45) is 30.6. The second kappa shape index (κ2) is 62.6. The molecule has 0 spiro atoms. The summed E-state index contributed by atoms with van der Waals surface area (Å²) >= 11 is 0. The van der Waals surface area contributed by atoms with E-state index in [1.165, 1.54) is 78.6 Å². The summed E-state index contributed by atoms with van der Waals surface area (Å²) in [6, 6.07) is 48.5. The van der Waals surface area contributed by atoms with E-state index in [-0.39, 0.29) is 11.1 Å². The molecule has 748 valence electrons. The van der Waals surface area contributed by atoms with Crippen LogP contribution in [0.3, 0.4) is 0 Å². The predicted octanol–water partition coefficient (Wildman–Crippen LogP) is 14.2. The van der Waals surface area contributed by atoms with E-state index in [0.717, 1.165) is 227 Å². The first kappa shape index (κ1) is 110. The van der Waals surface area contributed by atoms with Gasteiger partial charge in [-0.2, -0.15) is 10.2 Å². The first-order valence-electron chi connectivity index (χ1n) is 48.3. The minimum Gasteiger partial charge on any atom is -0.384 e. The van der Waals surface area contributed by atoms with E-state index >= 15 is 0 Å². The van der Waals surface area contributed by atoms with Crippen molar-refractivity contribution in [1.82, 2.24) is 91.2 Å². The quantitative estimate of drug-likeness (QED) is 0.0746. The minimum absolute atomic E-state index is 0.0370. The fraction of sp³-hybridized carbons (Fsp3) is 0.376. The molecule has 6 fully saturated rings. The van der Waals surface area contributed by atoms with E-state index in [9.17, 15) is 14.4 Å². The van der Waals surface area contributed by atoms with Crippen molar-refractivity contribution >= 4 is 52.7 Å². The first-order chi connectivity index (χ1) is 68.3. The van der Waals surface area contributed by atoms with Crippen molar-refractivity contribution in [1.29, 1.82) is 0 Å². The molecule has 0 bridgehead atoms. The summed E-state index contributed by atoms with van der Waals surface area (Å²) in [6.45, 7) is 52.4. The number of nitrogens with zero attached hydrogens (tertiary/aromatic N) is 17. The van der Waals surface area contributed by atoms with Crippen molar-refractivity contribution in [3.8, 4) is 0 Å². The number of carbonyl (C=O) groups is 1. The van der Waals surface area contributed by atoms with Crippen LogP contribution in [0.25, 0.3) is 0 Å². The number of morpholine rings is 3. The maximum absolute atomic E-state index is 11.0. The van der Waals surface area contributed by atoms with E-state index in [0.29, 0.717) is 24.4 Å². The van der Waals surface area contributed by atoms with Gasteiger partial charge in [-0.25, -0.2) is 34.9 Å². The Hall–Kier alpha value is -14.3. The number of nitrogens with one attached hydrogen (secondary N) is 8. The van der Waals surface area contributed by atoms with Crippen molar-refractivity contribution in [2.45, 2.75) is 116 Å². The van der Waals surface area contributed by atoms with Gasteiger partial charge in [-0.15, -0.1) is 0 Å². The first-order valence-corrected chi connectivity index (χ1v) is 48.3. The Morgan fingerprint density at radius 2 is 0.766 bits per heavy atom. The molecule has 0 amide bonds. The number of aryl methyl sites for hydroxylation is 14. The van der Waals surface area contributed by atoms with Crippen LogP contribution in [-0.4, -0.2) is 245 Å². The fourth-order valence-electron chi connectivity index (χ4n) is 14.2. The third kappa shape index (κ3) is 44.2. The molecular formula is C109H146N26O6. The number of anilines is 7. The van der Waals surface area contributed by atoms with Gasteiger partial charge in [0.1, 0.15) is 23.2 Å². The van der Waals surface area contributed by atoms with Gasteiger partial charge in [0.05, 0.1) is 58.1 Å². The van der Waals surface area contributed by atoms with Crippen molar-refractivity contribution in [2.24, 2.45) is 4.99 Å². The van der Waals surface area contributed by atoms with Gasteiger partial charge < -0.3 is 80.2 Å². The number of aromatic amines is 5. The molecule has 6 saturated heterocycles. The molecule has 32 heteroatoms. The molecule has 10 N–H and O–H groups in total. The zero-order valence-corrected chi connectivity index (χ0v) is 84.8. The van der Waals surface area contributed by atoms with Crippen LogP contribution in [0.15, 0.2) is 253 Å². The molecule has 8 aliphatic rings. The number of H-pyrrole nitrogens is 5. The van der Waals surface area contributed by atoms with Crippen LogP contribution in [0.2, 0.25) is 0 Å². The smallest absolute Gasteiger partial charge is 0.248 e. The Morgan fingerprint density at radius 1 is 0.326 bits per heavy atom. The van der Waals surface area contributed by atoms with Gasteiger partial charge in [0.2, 0.25) is 23.0 Å². The van der Waals surface area contributed by atoms with E-state index in [4.69, 9.17) is 19.9 Å². The van der Waals surface area contributed by atoms with E-state index in [2.05, 4.69) is 264 Å². The van der Waals surface area contributed by atoms with Crippen molar-refractivity contribution < 1.29 is 19.0 Å². The van der Waals surface area contributed by atoms with Gasteiger partial charge in [-0.1, -0.05) is 83.4 Å². The molecular weight excluding hydrogens is 1770 g/mol. The minimum atomic E-state index is -0.0457. The number of fused-ring (bicyclic) bond motifs is 2. The topological polar surface area (TPSA) is 381 Å². The zero-order chi connectivity index (χ0) is 101. The van der Waals surface area contributed by atoms with Gasteiger partial charge in [0, 0.05) is 258 Å². The number of nitrogens with two attached hydrogens (primary N) is 1. The standard InChI is InChI=1S/C11H16N2.C11H15NO.C10H15N3.C10H14N2O.C10H10O.C9H14N4.C9H13N3O.C8H8N2.C6H8N2.2C6H7NO.C5H7N.2C4H6N2/c1-10-2-4-11(5-3-10)13-8-6-12-7-9-13;1-10-2-4-11(5-3-10)12-6-8-13-9-7-12;1-9-2-3-10(12-8-9)13-6-4-11-5-7-13;1-9-2-3-10(11-8-9)12-4-6-13-7-5-12;1-7-2-3-8-5-10(11)6-9(8)4-7;1-8-6-11-9(12-7-8)13-4-2-10-3-5-13;1-8-6-10-9(11-7-8)12-2-4-13-5-3-12;1-6-2-7-4-9-5-8(7)10-3-6;1-5-2-3-6(7)8-4-5;1-5-2-3-7-6(8)4-5;1-5-2-3-6(8)7-4-5;1-5-2-3-6-4-5;1-4-2-5-6-3-4;1-4-2-3-5-6-4/h2-5,12H,6-9H2,1H3;2-5H,6-9H2,1H3;2-3,8,11H,4-7H2,1H3;2-3,8H,4-7H2,1H3;2-4H,5-6H2,1H3;6-7,10H,2-5H2,1H3;6-7H,2-5H2,1H3;2-4H,5H2,1H3;2-4H,1H3,(H2,7,8);2*2-4H,1H3,(H,7,8);2-4,6H,1H3;2*2-3H,1H3,(H,5,6). The Balaban J connectivity index is 0.000000171. The number of rotatable bonds is 6. The van der Waals surface area contributed by atoms with E-state index in [1.54, 1.807) is 49.2 Å². The second-order valence-corrected chi connectivity index (χ2v) is 35.0. The van der Waals surface area contributed by atoms with Crippen molar-refractivity contribution in [3.05, 3.63) is 360 Å². The number of nitrogen functional groups attached to an aromatic ring is 1. The third-order valence-electron chi connectivity index (χ3n) is 22.3. The molecule has 14 aromatic rings. The molecule has 18 heterocycles. The van der Waals surface area contributed by atoms with Crippen LogP contribution >= 0.6 is 0 Å². The lowest BCUT2D eigenvalue weighted by Gasteiger charge is -2.29. The summed E-state index contributed by atoms with van der Waals surface area (Å²) in [4.78, 5) is 91.6. The van der Waals surface area contributed by atoms with Crippen molar-refractivity contribution in [2.75, 3.05) is 193 Å². The summed E-state index contributed by atoms with van der Waals surface area (Å²) in [7, 11) is 0. The summed E-state index contributed by atoms with van der Waals surface area (Å²) in [5.41, 5.74) is 29.1. The summed E-state index contributed by atoms with van der Waals surface area (Å²) in [5, 5.41) is 22.8. The van der Waals surface area contributed by atoms with Gasteiger partial charge in [0.15, 0.2) is 0 Å². The Labute approximate surface area is 831 Å². The van der Waals surface area contributed by atoms with Gasteiger partial charge >= 0.3 is 0 Å². The number of aromatic nitrogens is 15. The molecule has 11 aromatic heterocycles. The lowest BCUT2D eigenvalue weighted by molar-refractivity contribution is -0.117. The summed E-state index contributed by atoms with van der Waals surface area (Å²) in [5.74, 6) is 4.77. The lowest BCUT2D eigenvalue weighted by Crippen LogP contribution is -2.44. The number of hydrogen-bond acceptors (Lipinski definition) is 27. The number of ether oxygens (including phenoxy) is 3. The molecule has 32 nitrogen and oxygen atoms in total. The van der Waals surface area contributed by atoms with Gasteiger partial charge in [0.25, 0.3) is 0 Å². The Morgan fingerprint density at radius 3 is 1.17 bits per heavy atom. The Kier molecular flexibility index (Phi) is 49.0. The SMILES string of the molecule is Cc1cc[nH]c(=O)c1.Cc1cc[nH]c1.Cc1ccc(=O)[nH]c1.Cc1ccc(N)nc1.Cc1ccc(N2CCNCC2)cc1.Cc1ccc(N2CCNCC2)nc1.Cc1ccc(N2CCOCC2)cc1.Cc1ccc(N2CCOCC2)nc1.Cc1ccc2c(c1)CC(=O)C2.Cc1ccn[nH]1.Cc1cn[nH]c1.Cc1cnc(N2CCNCC2)nc1.Cc1cnc(N2CCOCC2)nc1.Cc1cnc2c(c1)C=NC2. The predicted molar refractivity (Wildman–Crippen MR) is 571 cm³/mol. The number of Topliss-reactive ketones (excluding diaryl/α,β-unsaturated/α-hetero) is 1. The summed E-state index contributed by atoms with van der Waals surface area (Å²) < 4.78 is 15.8. The largest absolute Gasteiger partial charge is 0.384 e. The molecule has 0 saturated carbocycles. The monoisotopic (exact) mass is 1920 g/mol. The molecule has 0 radical (unpaired) electrons. The average Bonchev–Trinajstić information content (AvgIpc) is 1.71. The normalized spacial score (nSPS) is 14.5. The maximum atomic E-state index is 11.0. The van der Waals surface area contributed by atoms with Crippen LogP contribution < -0.4 is 62.2 Å². The Bertz CT molecular complexity index is 5300. The zero-order valence-electron chi connectivity index (χ0n) is 84.8. The number of piperazine rings is 3. The number of ketones is 1. The van der Waals surface area contributed by atoms with Gasteiger partial charge in [-0.05, 0) is 230 Å². The highest BCUT2D eigenvalue weighted by Gasteiger charge is 2.20. The number of aliphatic imine (C=N–C) groups is 1. The number of hydrogen-bond donors (Lipinski definition) is 9. The molecule has 7 aliphatic heterocycles. The van der Waals surface area contributed by atoms with Gasteiger partial charge in [-0.3, -0.25) is 34.6 Å². The van der Waals surface area contributed by atoms with Crippen LogP contribution in [0.1, 0.15) is 100 Å². The number of carbonyl (C=O) groups excluding carboxylic acids is 1. The fourth-order valence-corrected chi connectivity index (χ4v) is 14.2. The second-order valence-electron chi connectivity index (χ2n) is 35.0. The molecule has 0 unspecified atom stereocenters. The molecule has 141 heavy (non-hydrogen) atoms. The number of pyridine rings is 6. The molecule has 3 aromatic carbocycles. The van der Waals surface area contributed by atoms with E-state index < -0.39 is 0 Å². The lowest BCUT2D eigenvalue weighted by atomic mass is 10.1. The highest BCUT2D eigenvalue weighted by atomic mass is 16.5. The molecule has 1 aliphatic carbocycles. The average molecular weight is 1920 g/mol. The van der Waals surface area contributed by atoms with Crippen LogP contribution in [0, 0.1) is 96.9 Å². The van der Waals surface area contributed by atoms with Crippen molar-refractivity contribution in [3.63, 3.8) is 0 Å². The van der Waals surface area contributed by atoms with Crippen LogP contribution in [0.4, 0.5) is 40.7 Å². The maximum Gasteiger partial charge on any atom is 0.248 e. The molecule has 22 rings (SSSR count). The number of benzene rings is 3.